The van der Waals surface area contributed by atoms with Gasteiger partial charge >= 0.3 is 0 Å². The van der Waals surface area contributed by atoms with E-state index in [4.69, 9.17) is 9.47 Å². The van der Waals surface area contributed by atoms with Crippen molar-refractivity contribution in [2.24, 2.45) is 0 Å². The van der Waals surface area contributed by atoms with Crippen LogP contribution in [0.25, 0.3) is 0 Å². The topological polar surface area (TPSA) is 30.5 Å². The van der Waals surface area contributed by atoms with E-state index >= 15 is 0 Å². The molecule has 1 N–H and O–H groups in total. The van der Waals surface area contributed by atoms with Crippen LogP contribution in [0.1, 0.15) is 30.9 Å². The molecule has 1 aliphatic rings. The second-order valence-electron chi connectivity index (χ2n) is 4.88. The Morgan fingerprint density at radius 2 is 2.00 bits per heavy atom. The summed E-state index contributed by atoms with van der Waals surface area (Å²) in [4.78, 5) is 0. The molecular formula is C14H21NO2. The molecular weight excluding hydrogens is 214 g/mol. The van der Waals surface area contributed by atoms with Crippen molar-refractivity contribution in [3.05, 3.63) is 23.3 Å². The maximum atomic E-state index is 5.53. The van der Waals surface area contributed by atoms with Crippen molar-refractivity contribution in [1.82, 2.24) is 5.32 Å². The summed E-state index contributed by atoms with van der Waals surface area (Å²) < 4.78 is 10.8. The predicted molar refractivity (Wildman–Crippen MR) is 68.9 cm³/mol. The Labute approximate surface area is 103 Å². The van der Waals surface area contributed by atoms with Crippen molar-refractivity contribution < 1.29 is 9.47 Å². The van der Waals surface area contributed by atoms with Crippen molar-refractivity contribution in [1.29, 1.82) is 0 Å². The van der Waals surface area contributed by atoms with Crippen LogP contribution in [-0.2, 0) is 5.54 Å². The molecule has 94 valence electrons. The lowest BCUT2D eigenvalue weighted by Crippen LogP contribution is -2.34. The number of nitrogens with one attached hydrogen (secondary N) is 1. The van der Waals surface area contributed by atoms with Gasteiger partial charge in [0.15, 0.2) is 0 Å². The SMILES string of the molecule is COc1cc(C)c(C2(C)CCCN2)c(OC)c1. The van der Waals surface area contributed by atoms with Crippen LogP contribution in [0.15, 0.2) is 12.1 Å². The Morgan fingerprint density at radius 3 is 2.53 bits per heavy atom. The Balaban J connectivity index is 2.52. The van der Waals surface area contributed by atoms with Crippen LogP contribution in [0.5, 0.6) is 11.5 Å². The van der Waals surface area contributed by atoms with Gasteiger partial charge in [0.05, 0.1) is 14.2 Å². The van der Waals surface area contributed by atoms with Crippen LogP contribution in [0.4, 0.5) is 0 Å². The largest absolute Gasteiger partial charge is 0.497 e. The Bertz CT molecular complexity index is 409. The molecule has 0 amide bonds. The van der Waals surface area contributed by atoms with Gasteiger partial charge < -0.3 is 14.8 Å². The van der Waals surface area contributed by atoms with Gasteiger partial charge in [-0.2, -0.15) is 0 Å². The van der Waals surface area contributed by atoms with E-state index in [1.165, 1.54) is 17.5 Å². The summed E-state index contributed by atoms with van der Waals surface area (Å²) in [5.74, 6) is 1.77. The summed E-state index contributed by atoms with van der Waals surface area (Å²) in [7, 11) is 3.40. The van der Waals surface area contributed by atoms with Gasteiger partial charge in [0.1, 0.15) is 11.5 Å². The van der Waals surface area contributed by atoms with E-state index in [9.17, 15) is 0 Å². The number of methoxy groups -OCH3 is 2. The molecule has 0 bridgehead atoms. The van der Waals surface area contributed by atoms with Gasteiger partial charge in [-0.15, -0.1) is 0 Å². The van der Waals surface area contributed by atoms with Gasteiger partial charge in [-0.05, 0) is 44.9 Å². The number of hydrogen-bond donors (Lipinski definition) is 1. The first kappa shape index (κ1) is 12.2. The summed E-state index contributed by atoms with van der Waals surface area (Å²) in [5, 5.41) is 3.58. The van der Waals surface area contributed by atoms with Crippen molar-refractivity contribution in [3.63, 3.8) is 0 Å². The molecule has 1 aliphatic heterocycles. The highest BCUT2D eigenvalue weighted by atomic mass is 16.5. The van der Waals surface area contributed by atoms with Gasteiger partial charge in [0, 0.05) is 17.2 Å². The Kier molecular flexibility index (Phi) is 3.29. The molecule has 0 aromatic heterocycles. The van der Waals surface area contributed by atoms with E-state index in [0.717, 1.165) is 24.5 Å². The fourth-order valence-corrected chi connectivity index (χ4v) is 2.82. The first-order valence-corrected chi connectivity index (χ1v) is 6.09. The van der Waals surface area contributed by atoms with E-state index < -0.39 is 0 Å². The van der Waals surface area contributed by atoms with Crippen LogP contribution >= 0.6 is 0 Å². The van der Waals surface area contributed by atoms with Crippen LogP contribution in [0.3, 0.4) is 0 Å². The highest BCUT2D eigenvalue weighted by Gasteiger charge is 2.34. The van der Waals surface area contributed by atoms with Crippen molar-refractivity contribution >= 4 is 0 Å². The van der Waals surface area contributed by atoms with Gasteiger partial charge in [-0.3, -0.25) is 0 Å². The van der Waals surface area contributed by atoms with Crippen LogP contribution in [-0.4, -0.2) is 20.8 Å². The summed E-state index contributed by atoms with van der Waals surface area (Å²) in [6.45, 7) is 5.44. The standard InChI is InChI=1S/C14H21NO2/c1-10-8-11(16-3)9-12(17-4)13(10)14(2)6-5-7-15-14/h8-9,15H,5-7H2,1-4H3. The summed E-state index contributed by atoms with van der Waals surface area (Å²) in [5.41, 5.74) is 2.51. The van der Waals surface area contributed by atoms with Crippen molar-refractivity contribution in [2.45, 2.75) is 32.2 Å². The quantitative estimate of drug-likeness (QED) is 0.873. The van der Waals surface area contributed by atoms with Crippen molar-refractivity contribution in [3.8, 4) is 11.5 Å². The zero-order chi connectivity index (χ0) is 12.5. The molecule has 1 aromatic rings. The molecule has 3 heteroatoms. The Morgan fingerprint density at radius 1 is 1.24 bits per heavy atom. The third kappa shape index (κ3) is 2.12. The molecule has 17 heavy (non-hydrogen) atoms. The molecule has 1 unspecified atom stereocenters. The molecule has 0 saturated carbocycles. The van der Waals surface area contributed by atoms with Gasteiger partial charge in [0.2, 0.25) is 0 Å². The molecule has 1 fully saturated rings. The minimum absolute atomic E-state index is 0.0295. The average Bonchev–Trinajstić information content (AvgIpc) is 2.75. The lowest BCUT2D eigenvalue weighted by atomic mass is 9.86. The maximum absolute atomic E-state index is 5.53. The van der Waals surface area contributed by atoms with E-state index in [-0.39, 0.29) is 5.54 Å². The minimum atomic E-state index is 0.0295. The zero-order valence-corrected chi connectivity index (χ0v) is 11.1. The number of ether oxygens (including phenoxy) is 2. The fraction of sp³-hybridized carbons (Fsp3) is 0.571. The summed E-state index contributed by atoms with van der Waals surface area (Å²) in [6, 6.07) is 4.04. The summed E-state index contributed by atoms with van der Waals surface area (Å²) in [6.07, 6.45) is 2.36. The number of aryl methyl sites for hydroxylation is 1. The molecule has 1 atom stereocenters. The predicted octanol–water partition coefficient (Wildman–Crippen LogP) is 2.61. The second-order valence-corrected chi connectivity index (χ2v) is 4.88. The van der Waals surface area contributed by atoms with E-state index in [0.29, 0.717) is 0 Å². The Hall–Kier alpha value is -1.22. The van der Waals surface area contributed by atoms with Crippen LogP contribution in [0, 0.1) is 6.92 Å². The van der Waals surface area contributed by atoms with Crippen molar-refractivity contribution in [2.75, 3.05) is 20.8 Å². The molecule has 2 rings (SSSR count). The number of rotatable bonds is 3. The molecule has 0 spiro atoms. The van der Waals surface area contributed by atoms with Crippen LogP contribution < -0.4 is 14.8 Å². The average molecular weight is 235 g/mol. The molecule has 0 aliphatic carbocycles. The van der Waals surface area contributed by atoms with E-state index in [1.807, 2.05) is 6.07 Å². The molecule has 1 aromatic carbocycles. The highest BCUT2D eigenvalue weighted by Crippen LogP contribution is 2.40. The molecule has 1 saturated heterocycles. The van der Waals surface area contributed by atoms with Gasteiger partial charge in [-0.1, -0.05) is 0 Å². The van der Waals surface area contributed by atoms with Crippen LogP contribution in [0.2, 0.25) is 0 Å². The van der Waals surface area contributed by atoms with E-state index in [2.05, 4.69) is 25.2 Å². The van der Waals surface area contributed by atoms with E-state index in [1.54, 1.807) is 14.2 Å². The first-order valence-electron chi connectivity index (χ1n) is 6.09. The lowest BCUT2D eigenvalue weighted by molar-refractivity contribution is 0.361. The lowest BCUT2D eigenvalue weighted by Gasteiger charge is -2.29. The maximum Gasteiger partial charge on any atom is 0.127 e. The number of benzene rings is 1. The molecule has 0 radical (unpaired) electrons. The van der Waals surface area contributed by atoms with Gasteiger partial charge in [0.25, 0.3) is 0 Å². The monoisotopic (exact) mass is 235 g/mol. The normalized spacial score (nSPS) is 23.8. The van der Waals surface area contributed by atoms with Gasteiger partial charge in [-0.25, -0.2) is 0 Å². The minimum Gasteiger partial charge on any atom is -0.497 e. The second kappa shape index (κ2) is 4.57. The third-order valence-electron chi connectivity index (χ3n) is 3.65. The number of hydrogen-bond acceptors (Lipinski definition) is 3. The highest BCUT2D eigenvalue weighted by molar-refractivity contribution is 5.50. The molecule has 1 heterocycles. The third-order valence-corrected chi connectivity index (χ3v) is 3.65. The fourth-order valence-electron chi connectivity index (χ4n) is 2.82. The summed E-state index contributed by atoms with van der Waals surface area (Å²) >= 11 is 0. The first-order chi connectivity index (χ1) is 8.10. The molecule has 3 nitrogen and oxygen atoms in total. The zero-order valence-electron chi connectivity index (χ0n) is 11.1. The smallest absolute Gasteiger partial charge is 0.127 e.